The second-order valence-electron chi connectivity index (χ2n) is 3.48. The Hall–Kier alpha value is -0.960. The zero-order chi connectivity index (χ0) is 9.42. The van der Waals surface area contributed by atoms with E-state index < -0.39 is 0 Å². The largest absolute Gasteiger partial charge is 0.377 e. The van der Waals surface area contributed by atoms with E-state index in [2.05, 4.69) is 0 Å². The zero-order valence-electron chi connectivity index (χ0n) is 7.53. The van der Waals surface area contributed by atoms with E-state index in [1.54, 1.807) is 0 Å². The molecule has 70 valence electrons. The summed E-state index contributed by atoms with van der Waals surface area (Å²) >= 11 is 0. The summed E-state index contributed by atoms with van der Waals surface area (Å²) in [4.78, 5) is 22.7. The van der Waals surface area contributed by atoms with Crippen molar-refractivity contribution in [3.63, 3.8) is 0 Å². The highest BCUT2D eigenvalue weighted by Crippen LogP contribution is 2.33. The second-order valence-corrected chi connectivity index (χ2v) is 3.48. The van der Waals surface area contributed by atoms with Crippen molar-refractivity contribution >= 4 is 11.6 Å². The fourth-order valence-corrected chi connectivity index (χ4v) is 2.04. The fraction of sp³-hybridized carbons (Fsp3) is 0.600. The molecule has 1 fully saturated rings. The first-order valence-corrected chi connectivity index (χ1v) is 4.62. The van der Waals surface area contributed by atoms with Gasteiger partial charge in [0.1, 0.15) is 0 Å². The number of rotatable bonds is 2. The van der Waals surface area contributed by atoms with E-state index in [9.17, 15) is 9.59 Å². The van der Waals surface area contributed by atoms with Crippen molar-refractivity contribution in [2.45, 2.75) is 19.4 Å². The van der Waals surface area contributed by atoms with Crippen LogP contribution in [0.2, 0.25) is 0 Å². The highest BCUT2D eigenvalue weighted by molar-refractivity contribution is 6.41. The molecule has 0 radical (unpaired) electrons. The average Bonchev–Trinajstić information content (AvgIpc) is 2.14. The molecule has 0 amide bonds. The van der Waals surface area contributed by atoms with E-state index in [0.29, 0.717) is 13.0 Å². The molecule has 0 aliphatic heterocycles. The van der Waals surface area contributed by atoms with Gasteiger partial charge in [0.15, 0.2) is 0 Å². The molecule has 3 atom stereocenters. The predicted molar refractivity (Wildman–Crippen MR) is 46.2 cm³/mol. The van der Waals surface area contributed by atoms with Crippen molar-refractivity contribution in [2.75, 3.05) is 6.61 Å². The lowest BCUT2D eigenvalue weighted by Gasteiger charge is -2.34. The molecule has 0 aromatic carbocycles. The van der Waals surface area contributed by atoms with Gasteiger partial charge in [-0.15, -0.1) is 0 Å². The number of ether oxygens (including phenoxy) is 1. The molecule has 3 aliphatic rings. The smallest absolute Gasteiger partial charge is 0.208 e. The summed E-state index contributed by atoms with van der Waals surface area (Å²) in [7, 11) is 0. The Balaban J connectivity index is 2.21. The third-order valence-corrected chi connectivity index (χ3v) is 2.70. The van der Waals surface area contributed by atoms with Crippen molar-refractivity contribution in [1.29, 1.82) is 0 Å². The maximum absolute atomic E-state index is 11.4. The van der Waals surface area contributed by atoms with Crippen LogP contribution in [0.1, 0.15) is 13.3 Å². The maximum Gasteiger partial charge on any atom is 0.208 e. The van der Waals surface area contributed by atoms with Gasteiger partial charge >= 0.3 is 0 Å². The molecular formula is C10H12O3. The van der Waals surface area contributed by atoms with Crippen LogP contribution in [0.15, 0.2) is 12.2 Å². The van der Waals surface area contributed by atoms with E-state index >= 15 is 0 Å². The van der Waals surface area contributed by atoms with Crippen molar-refractivity contribution in [1.82, 2.24) is 0 Å². The normalized spacial score (nSPS) is 37.2. The molecule has 0 unspecified atom stereocenters. The van der Waals surface area contributed by atoms with Gasteiger partial charge < -0.3 is 4.74 Å². The van der Waals surface area contributed by atoms with E-state index in [1.807, 2.05) is 19.1 Å². The molecule has 0 spiro atoms. The number of fused-ring (bicyclic) bond motifs is 2. The second kappa shape index (κ2) is 3.07. The zero-order valence-corrected chi connectivity index (χ0v) is 7.53. The van der Waals surface area contributed by atoms with Crippen molar-refractivity contribution in [2.24, 2.45) is 11.8 Å². The lowest BCUT2D eigenvalue weighted by molar-refractivity contribution is -0.148. The maximum atomic E-state index is 11.4. The minimum atomic E-state index is -0.308. The van der Waals surface area contributed by atoms with Gasteiger partial charge in [0, 0.05) is 12.5 Å². The summed E-state index contributed by atoms with van der Waals surface area (Å²) in [5.41, 5.74) is 0. The fourth-order valence-electron chi connectivity index (χ4n) is 2.04. The summed E-state index contributed by atoms with van der Waals surface area (Å²) in [6.45, 7) is 2.50. The van der Waals surface area contributed by atoms with E-state index in [-0.39, 0.29) is 29.5 Å². The molecular weight excluding hydrogens is 168 g/mol. The van der Waals surface area contributed by atoms with E-state index in [0.717, 1.165) is 0 Å². The summed E-state index contributed by atoms with van der Waals surface area (Å²) in [5, 5.41) is 0. The number of hydrogen-bond donors (Lipinski definition) is 0. The van der Waals surface area contributed by atoms with Crippen LogP contribution in [0.4, 0.5) is 0 Å². The van der Waals surface area contributed by atoms with Crippen LogP contribution in [0.25, 0.3) is 0 Å². The number of carbonyl (C=O) groups excluding carboxylic acids is 2. The molecule has 3 heteroatoms. The van der Waals surface area contributed by atoms with Gasteiger partial charge in [-0.3, -0.25) is 9.59 Å². The topological polar surface area (TPSA) is 43.4 Å². The predicted octanol–water partition coefficient (Wildman–Crippen LogP) is 0.736. The summed E-state index contributed by atoms with van der Waals surface area (Å²) in [6, 6.07) is 0. The third kappa shape index (κ3) is 1.23. The van der Waals surface area contributed by atoms with Gasteiger partial charge in [-0.05, 0) is 13.3 Å². The van der Waals surface area contributed by atoms with Crippen molar-refractivity contribution in [3.8, 4) is 0 Å². The highest BCUT2D eigenvalue weighted by atomic mass is 16.5. The molecule has 3 aliphatic carbocycles. The Kier molecular flexibility index (Phi) is 2.04. The van der Waals surface area contributed by atoms with Crippen LogP contribution in [-0.2, 0) is 14.3 Å². The van der Waals surface area contributed by atoms with Gasteiger partial charge in [0.05, 0.1) is 12.0 Å². The van der Waals surface area contributed by atoms with Crippen LogP contribution < -0.4 is 0 Å². The number of allylic oxidation sites excluding steroid dienone is 1. The monoisotopic (exact) mass is 180 g/mol. The van der Waals surface area contributed by atoms with E-state index in [4.69, 9.17) is 4.74 Å². The Morgan fingerprint density at radius 1 is 1.38 bits per heavy atom. The molecule has 3 nitrogen and oxygen atoms in total. The molecule has 0 N–H and O–H groups in total. The van der Waals surface area contributed by atoms with Gasteiger partial charge in [0.25, 0.3) is 0 Å². The van der Waals surface area contributed by atoms with Crippen LogP contribution in [-0.4, -0.2) is 24.3 Å². The van der Waals surface area contributed by atoms with Crippen LogP contribution in [0.5, 0.6) is 0 Å². The summed E-state index contributed by atoms with van der Waals surface area (Å²) < 4.78 is 5.41. The Bertz CT molecular complexity index is 280. The molecule has 0 aromatic rings. The van der Waals surface area contributed by atoms with Crippen molar-refractivity contribution < 1.29 is 14.3 Å². The van der Waals surface area contributed by atoms with Gasteiger partial charge in [-0.2, -0.15) is 0 Å². The third-order valence-electron chi connectivity index (χ3n) is 2.70. The number of ketones is 2. The Labute approximate surface area is 76.8 Å². The van der Waals surface area contributed by atoms with Crippen molar-refractivity contribution in [3.05, 3.63) is 12.2 Å². The summed E-state index contributed by atoms with van der Waals surface area (Å²) in [5.74, 6) is -1.02. The summed E-state index contributed by atoms with van der Waals surface area (Å²) in [6.07, 6.45) is 4.27. The molecule has 0 heterocycles. The molecule has 13 heavy (non-hydrogen) atoms. The standard InChI is InChI=1S/C10H12O3/c1-2-13-8-5-6-3-4-7(8)10(12)9(6)11/h3-4,6-8H,2,5H2,1H3/t6-,7+,8+/m0/s1. The Morgan fingerprint density at radius 3 is 2.77 bits per heavy atom. The number of hydrogen-bond acceptors (Lipinski definition) is 3. The van der Waals surface area contributed by atoms with Gasteiger partial charge in [0.2, 0.25) is 11.6 Å². The Morgan fingerprint density at radius 2 is 2.15 bits per heavy atom. The highest BCUT2D eigenvalue weighted by Gasteiger charge is 2.44. The number of carbonyl (C=O) groups is 2. The minimum absolute atomic E-state index is 0.0646. The first kappa shape index (κ1) is 8.63. The quantitative estimate of drug-likeness (QED) is 0.465. The van der Waals surface area contributed by atoms with Crippen LogP contribution >= 0.6 is 0 Å². The first-order chi connectivity index (χ1) is 6.24. The first-order valence-electron chi connectivity index (χ1n) is 4.62. The average molecular weight is 180 g/mol. The van der Waals surface area contributed by atoms with Crippen LogP contribution in [0, 0.1) is 11.8 Å². The number of Topliss-reactive ketones (excluding diaryl/α,β-unsaturated/α-hetero) is 2. The van der Waals surface area contributed by atoms with Gasteiger partial charge in [-0.25, -0.2) is 0 Å². The molecule has 1 saturated carbocycles. The van der Waals surface area contributed by atoms with Crippen LogP contribution in [0.3, 0.4) is 0 Å². The molecule has 3 rings (SSSR count). The lowest BCUT2D eigenvalue weighted by atomic mass is 9.72. The van der Waals surface area contributed by atoms with Gasteiger partial charge in [-0.1, -0.05) is 12.2 Å². The lowest BCUT2D eigenvalue weighted by Crippen LogP contribution is -2.46. The molecule has 0 aromatic heterocycles. The molecule has 2 bridgehead atoms. The SMILES string of the molecule is CCO[C@@H]1C[C@@H]2C=C[C@H]1C(=O)C2=O. The molecule has 0 saturated heterocycles. The minimum Gasteiger partial charge on any atom is -0.377 e. The van der Waals surface area contributed by atoms with E-state index in [1.165, 1.54) is 0 Å².